The van der Waals surface area contributed by atoms with Crippen molar-refractivity contribution in [3.8, 4) is 17.1 Å². The Hall–Kier alpha value is -2.41. The van der Waals surface area contributed by atoms with Crippen molar-refractivity contribution in [1.82, 2.24) is 19.9 Å². The number of nitrogens with zero attached hydrogens (tertiary/aromatic N) is 4. The van der Waals surface area contributed by atoms with Crippen LogP contribution in [0.25, 0.3) is 11.4 Å². The van der Waals surface area contributed by atoms with E-state index in [1.54, 1.807) is 7.11 Å². The Morgan fingerprint density at radius 2 is 1.92 bits per heavy atom. The van der Waals surface area contributed by atoms with Gasteiger partial charge >= 0.3 is 0 Å². The minimum absolute atomic E-state index is 0.268. The maximum atomic E-state index is 12.3. The Balaban J connectivity index is 1.31. The molecular formula is C19H24N4O3. The summed E-state index contributed by atoms with van der Waals surface area (Å²) in [5.41, 5.74) is 0.898. The van der Waals surface area contributed by atoms with Crippen LogP contribution in [0.4, 0.5) is 0 Å². The summed E-state index contributed by atoms with van der Waals surface area (Å²) in [4.78, 5) is 21.0. The van der Waals surface area contributed by atoms with Gasteiger partial charge < -0.3 is 14.2 Å². The van der Waals surface area contributed by atoms with Gasteiger partial charge in [-0.3, -0.25) is 9.69 Å². The zero-order valence-electron chi connectivity index (χ0n) is 15.2. The molecule has 138 valence electrons. The van der Waals surface area contributed by atoms with Gasteiger partial charge in [-0.25, -0.2) is 0 Å². The standard InChI is InChI=1S/C19H24N4O3/c1-13-11-16(13)19(24)23-9-7-22(8-10-23)12-17-20-18(21-26-17)14-3-5-15(25-2)6-4-14/h3-6,13,16H,7-12H2,1-2H3. The van der Waals surface area contributed by atoms with Crippen LogP contribution in [0.5, 0.6) is 5.75 Å². The van der Waals surface area contributed by atoms with E-state index in [9.17, 15) is 4.79 Å². The zero-order chi connectivity index (χ0) is 18.1. The summed E-state index contributed by atoms with van der Waals surface area (Å²) in [5, 5.41) is 4.07. The maximum Gasteiger partial charge on any atom is 0.241 e. The van der Waals surface area contributed by atoms with Gasteiger partial charge in [0.1, 0.15) is 5.75 Å². The number of carbonyl (C=O) groups excluding carboxylic acids is 1. The molecule has 1 aromatic heterocycles. The van der Waals surface area contributed by atoms with Crippen molar-refractivity contribution in [1.29, 1.82) is 0 Å². The van der Waals surface area contributed by atoms with Crippen LogP contribution in [0.3, 0.4) is 0 Å². The van der Waals surface area contributed by atoms with Crippen LogP contribution in [0.15, 0.2) is 28.8 Å². The minimum atomic E-state index is 0.268. The van der Waals surface area contributed by atoms with Crippen LogP contribution < -0.4 is 4.74 Å². The van der Waals surface area contributed by atoms with Crippen LogP contribution in [0, 0.1) is 11.8 Å². The van der Waals surface area contributed by atoms with E-state index < -0.39 is 0 Å². The highest BCUT2D eigenvalue weighted by atomic mass is 16.5. The Kier molecular flexibility index (Phi) is 4.63. The van der Waals surface area contributed by atoms with Gasteiger partial charge in [0.25, 0.3) is 0 Å². The molecule has 0 radical (unpaired) electrons. The summed E-state index contributed by atoms with van der Waals surface area (Å²) in [7, 11) is 1.64. The van der Waals surface area contributed by atoms with Gasteiger partial charge in [0, 0.05) is 37.7 Å². The van der Waals surface area contributed by atoms with Crippen molar-refractivity contribution in [2.45, 2.75) is 19.9 Å². The number of carbonyl (C=O) groups is 1. The lowest BCUT2D eigenvalue weighted by atomic mass is 10.2. The third-order valence-electron chi connectivity index (χ3n) is 5.29. The van der Waals surface area contributed by atoms with E-state index in [4.69, 9.17) is 9.26 Å². The number of methoxy groups -OCH3 is 1. The van der Waals surface area contributed by atoms with Crippen molar-refractivity contribution in [3.63, 3.8) is 0 Å². The van der Waals surface area contributed by atoms with E-state index in [-0.39, 0.29) is 5.92 Å². The van der Waals surface area contributed by atoms with Gasteiger partial charge in [0.2, 0.25) is 17.6 Å². The van der Waals surface area contributed by atoms with Crippen molar-refractivity contribution in [2.24, 2.45) is 11.8 Å². The molecule has 0 spiro atoms. The van der Waals surface area contributed by atoms with Gasteiger partial charge in [0.05, 0.1) is 13.7 Å². The highest BCUT2D eigenvalue weighted by Crippen LogP contribution is 2.39. The molecule has 2 unspecified atom stereocenters. The van der Waals surface area contributed by atoms with Gasteiger partial charge in [0.15, 0.2) is 0 Å². The summed E-state index contributed by atoms with van der Waals surface area (Å²) in [6, 6.07) is 7.58. The number of hydrogen-bond donors (Lipinski definition) is 0. The summed E-state index contributed by atoms with van der Waals surface area (Å²) in [5.74, 6) is 3.15. The number of aromatic nitrogens is 2. The third-order valence-corrected chi connectivity index (χ3v) is 5.29. The molecule has 1 aliphatic carbocycles. The number of hydrogen-bond acceptors (Lipinski definition) is 6. The highest BCUT2D eigenvalue weighted by molar-refractivity contribution is 5.81. The Labute approximate surface area is 152 Å². The lowest BCUT2D eigenvalue weighted by Gasteiger charge is -2.34. The molecule has 2 fully saturated rings. The normalized spacial score (nSPS) is 23.1. The highest BCUT2D eigenvalue weighted by Gasteiger charge is 2.41. The lowest BCUT2D eigenvalue weighted by molar-refractivity contribution is -0.134. The summed E-state index contributed by atoms with van der Waals surface area (Å²) < 4.78 is 10.6. The average Bonchev–Trinajstić information content (AvgIpc) is 3.23. The molecule has 1 aromatic carbocycles. The van der Waals surface area contributed by atoms with Crippen molar-refractivity contribution in [3.05, 3.63) is 30.2 Å². The molecule has 2 aromatic rings. The first kappa shape index (κ1) is 17.0. The fourth-order valence-corrected chi connectivity index (χ4v) is 3.39. The second-order valence-corrected chi connectivity index (χ2v) is 7.16. The van der Waals surface area contributed by atoms with Gasteiger partial charge in [-0.05, 0) is 36.6 Å². The maximum absolute atomic E-state index is 12.3. The van der Waals surface area contributed by atoms with E-state index in [2.05, 4.69) is 22.0 Å². The summed E-state index contributed by atoms with van der Waals surface area (Å²) in [6.07, 6.45) is 1.05. The van der Waals surface area contributed by atoms with Crippen LogP contribution in [-0.4, -0.2) is 59.1 Å². The largest absolute Gasteiger partial charge is 0.497 e. The van der Waals surface area contributed by atoms with Crippen LogP contribution in [-0.2, 0) is 11.3 Å². The first-order valence-electron chi connectivity index (χ1n) is 9.12. The number of ether oxygens (including phenoxy) is 1. The topological polar surface area (TPSA) is 71.7 Å². The second-order valence-electron chi connectivity index (χ2n) is 7.16. The Morgan fingerprint density at radius 3 is 2.54 bits per heavy atom. The number of amides is 1. The fourth-order valence-electron chi connectivity index (χ4n) is 3.39. The fraction of sp³-hybridized carbons (Fsp3) is 0.526. The lowest BCUT2D eigenvalue weighted by Crippen LogP contribution is -2.48. The van der Waals surface area contributed by atoms with E-state index in [1.807, 2.05) is 29.2 Å². The molecule has 2 atom stereocenters. The quantitative estimate of drug-likeness (QED) is 0.816. The molecule has 1 aliphatic heterocycles. The van der Waals surface area contributed by atoms with E-state index >= 15 is 0 Å². The van der Waals surface area contributed by atoms with Crippen LogP contribution in [0.2, 0.25) is 0 Å². The zero-order valence-corrected chi connectivity index (χ0v) is 15.2. The number of piperazine rings is 1. The smallest absolute Gasteiger partial charge is 0.241 e. The number of benzene rings is 1. The predicted molar refractivity (Wildman–Crippen MR) is 95.4 cm³/mol. The molecule has 2 heterocycles. The molecule has 7 nitrogen and oxygen atoms in total. The molecule has 2 aliphatic rings. The third kappa shape index (κ3) is 3.58. The second kappa shape index (κ2) is 7.07. The van der Waals surface area contributed by atoms with Crippen molar-refractivity contribution >= 4 is 5.91 Å². The molecule has 1 saturated heterocycles. The first-order chi connectivity index (χ1) is 12.6. The molecule has 0 bridgehead atoms. The Morgan fingerprint density at radius 1 is 1.23 bits per heavy atom. The van der Waals surface area contributed by atoms with Crippen molar-refractivity contribution < 1.29 is 14.1 Å². The predicted octanol–water partition coefficient (Wildman–Crippen LogP) is 2.05. The average molecular weight is 356 g/mol. The first-order valence-corrected chi connectivity index (χ1v) is 9.12. The monoisotopic (exact) mass is 356 g/mol. The van der Waals surface area contributed by atoms with Crippen LogP contribution in [0.1, 0.15) is 19.2 Å². The molecule has 4 rings (SSSR count). The number of rotatable bonds is 5. The Bertz CT molecular complexity index is 765. The van der Waals surface area contributed by atoms with Gasteiger partial charge in [-0.1, -0.05) is 12.1 Å². The SMILES string of the molecule is COc1ccc(-c2noc(CN3CCN(C(=O)C4CC4C)CC3)n2)cc1. The van der Waals surface area contributed by atoms with E-state index in [1.165, 1.54) is 0 Å². The molecule has 7 heteroatoms. The van der Waals surface area contributed by atoms with Crippen molar-refractivity contribution in [2.75, 3.05) is 33.3 Å². The van der Waals surface area contributed by atoms with E-state index in [0.29, 0.717) is 30.1 Å². The molecular weight excluding hydrogens is 332 g/mol. The molecule has 1 saturated carbocycles. The molecule has 0 N–H and O–H groups in total. The molecule has 1 amide bonds. The summed E-state index contributed by atoms with van der Waals surface area (Å²) >= 11 is 0. The van der Waals surface area contributed by atoms with Gasteiger partial charge in [-0.2, -0.15) is 4.98 Å². The van der Waals surface area contributed by atoms with Crippen LogP contribution >= 0.6 is 0 Å². The van der Waals surface area contributed by atoms with E-state index in [0.717, 1.165) is 43.9 Å². The minimum Gasteiger partial charge on any atom is -0.497 e. The molecule has 26 heavy (non-hydrogen) atoms. The van der Waals surface area contributed by atoms with Gasteiger partial charge in [-0.15, -0.1) is 0 Å². The summed E-state index contributed by atoms with van der Waals surface area (Å²) in [6.45, 7) is 6.00.